The van der Waals surface area contributed by atoms with Crippen LogP contribution in [-0.2, 0) is 9.84 Å². The number of sulfone groups is 1. The summed E-state index contributed by atoms with van der Waals surface area (Å²) in [5, 5.41) is 2.97. The summed E-state index contributed by atoms with van der Waals surface area (Å²) in [6.07, 6.45) is 2.61. The van der Waals surface area contributed by atoms with Crippen molar-refractivity contribution in [1.29, 1.82) is 0 Å². The first-order chi connectivity index (χ1) is 8.45. The van der Waals surface area contributed by atoms with E-state index in [2.05, 4.69) is 25.2 Å². The van der Waals surface area contributed by atoms with Crippen molar-refractivity contribution in [3.8, 4) is 0 Å². The first-order valence-corrected chi connectivity index (χ1v) is 8.94. The highest BCUT2D eigenvalue weighted by Gasteiger charge is 2.36. The van der Waals surface area contributed by atoms with Crippen molar-refractivity contribution in [1.82, 2.24) is 5.32 Å². The molecule has 1 fully saturated rings. The molecule has 0 radical (unpaired) electrons. The first kappa shape index (κ1) is 14.0. The van der Waals surface area contributed by atoms with E-state index in [0.29, 0.717) is 5.75 Å². The van der Waals surface area contributed by atoms with E-state index in [0.717, 1.165) is 24.8 Å². The van der Waals surface area contributed by atoms with Gasteiger partial charge in [-0.25, -0.2) is 8.42 Å². The minimum Gasteiger partial charge on any atom is -0.312 e. The summed E-state index contributed by atoms with van der Waals surface area (Å²) in [4.78, 5) is 2.48. The molecule has 1 aliphatic rings. The summed E-state index contributed by atoms with van der Waals surface area (Å²) in [6.45, 7) is 4.15. The molecule has 102 valence electrons. The molecule has 1 saturated heterocycles. The highest BCUT2D eigenvalue weighted by Crippen LogP contribution is 2.34. The zero-order valence-corrected chi connectivity index (χ0v) is 12.8. The number of nitrogens with one attached hydrogen (secondary N) is 1. The molecule has 2 heterocycles. The fourth-order valence-electron chi connectivity index (χ4n) is 2.85. The van der Waals surface area contributed by atoms with Crippen LogP contribution in [0.2, 0.25) is 0 Å². The molecule has 0 saturated carbocycles. The third-order valence-electron chi connectivity index (χ3n) is 3.73. The Morgan fingerprint density at radius 2 is 2.11 bits per heavy atom. The van der Waals surface area contributed by atoms with Crippen LogP contribution in [0.4, 0.5) is 0 Å². The van der Waals surface area contributed by atoms with Gasteiger partial charge in [-0.2, -0.15) is 0 Å². The maximum Gasteiger partial charge on any atom is 0.155 e. The second kappa shape index (κ2) is 5.31. The van der Waals surface area contributed by atoms with Crippen LogP contribution in [0.3, 0.4) is 0 Å². The van der Waals surface area contributed by atoms with E-state index in [9.17, 15) is 8.42 Å². The lowest BCUT2D eigenvalue weighted by Gasteiger charge is -2.30. The molecule has 1 aromatic heterocycles. The van der Waals surface area contributed by atoms with Gasteiger partial charge in [0, 0.05) is 15.8 Å². The van der Waals surface area contributed by atoms with Gasteiger partial charge in [0.25, 0.3) is 0 Å². The number of hydrogen-bond donors (Lipinski definition) is 1. The average molecular weight is 287 g/mol. The van der Waals surface area contributed by atoms with Crippen molar-refractivity contribution in [2.75, 3.05) is 12.8 Å². The zero-order valence-electron chi connectivity index (χ0n) is 11.2. The quantitative estimate of drug-likeness (QED) is 0.929. The van der Waals surface area contributed by atoms with Crippen LogP contribution >= 0.6 is 11.3 Å². The summed E-state index contributed by atoms with van der Waals surface area (Å²) < 4.78 is 24.5. The molecule has 0 amide bonds. The molecule has 2 unspecified atom stereocenters. The topological polar surface area (TPSA) is 46.2 Å². The van der Waals surface area contributed by atoms with Crippen molar-refractivity contribution in [2.24, 2.45) is 0 Å². The molecule has 1 aliphatic heterocycles. The van der Waals surface area contributed by atoms with Crippen LogP contribution in [0, 0.1) is 13.8 Å². The molecule has 5 heteroatoms. The molecule has 3 nitrogen and oxygen atoms in total. The molecule has 0 spiro atoms. The average Bonchev–Trinajstić information content (AvgIpc) is 2.61. The molecule has 0 aliphatic carbocycles. The van der Waals surface area contributed by atoms with Crippen molar-refractivity contribution in [3.63, 3.8) is 0 Å². The maximum atomic E-state index is 12.2. The standard InChI is InChI=1S/C13H21NO2S2/c1-9-8-11(10(2)17-9)13(14-3)12-6-4-5-7-18(12,15)16/h8,12-14H,4-7H2,1-3H3. The van der Waals surface area contributed by atoms with E-state index in [1.807, 2.05) is 7.05 Å². The van der Waals surface area contributed by atoms with Gasteiger partial charge >= 0.3 is 0 Å². The predicted molar refractivity (Wildman–Crippen MR) is 77.0 cm³/mol. The molecule has 1 aromatic rings. The Kier molecular flexibility index (Phi) is 4.14. The summed E-state index contributed by atoms with van der Waals surface area (Å²) >= 11 is 1.74. The third-order valence-corrected chi connectivity index (χ3v) is 7.00. The largest absolute Gasteiger partial charge is 0.312 e. The molecule has 0 bridgehead atoms. The van der Waals surface area contributed by atoms with Gasteiger partial charge in [0.15, 0.2) is 9.84 Å². The Balaban J connectivity index is 2.36. The van der Waals surface area contributed by atoms with Gasteiger partial charge < -0.3 is 5.32 Å². The van der Waals surface area contributed by atoms with E-state index in [1.54, 1.807) is 11.3 Å². The second-order valence-corrected chi connectivity index (χ2v) is 8.84. The van der Waals surface area contributed by atoms with Gasteiger partial charge in [-0.05, 0) is 45.4 Å². The van der Waals surface area contributed by atoms with E-state index >= 15 is 0 Å². The summed E-state index contributed by atoms with van der Waals surface area (Å²) in [6, 6.07) is 2.07. The van der Waals surface area contributed by atoms with Crippen LogP contribution < -0.4 is 5.32 Å². The smallest absolute Gasteiger partial charge is 0.155 e. The van der Waals surface area contributed by atoms with Gasteiger partial charge in [0.1, 0.15) is 0 Å². The van der Waals surface area contributed by atoms with Gasteiger partial charge in [0.2, 0.25) is 0 Å². The number of rotatable bonds is 3. The lowest BCUT2D eigenvalue weighted by atomic mass is 10.00. The number of aryl methyl sites for hydroxylation is 2. The number of thiophene rings is 1. The Morgan fingerprint density at radius 1 is 1.39 bits per heavy atom. The summed E-state index contributed by atoms with van der Waals surface area (Å²) in [5.41, 5.74) is 1.16. The zero-order chi connectivity index (χ0) is 13.3. The van der Waals surface area contributed by atoms with Crippen LogP contribution in [0.15, 0.2) is 6.07 Å². The minimum atomic E-state index is -2.95. The summed E-state index contributed by atoms with van der Waals surface area (Å²) in [5.74, 6) is 0.345. The van der Waals surface area contributed by atoms with E-state index in [-0.39, 0.29) is 11.3 Å². The highest BCUT2D eigenvalue weighted by atomic mass is 32.2. The van der Waals surface area contributed by atoms with Gasteiger partial charge in [-0.15, -0.1) is 11.3 Å². The van der Waals surface area contributed by atoms with Crippen LogP contribution in [0.5, 0.6) is 0 Å². The Bertz CT molecular complexity index is 519. The second-order valence-electron chi connectivity index (χ2n) is 5.04. The fraction of sp³-hybridized carbons (Fsp3) is 0.692. The molecule has 2 atom stereocenters. The van der Waals surface area contributed by atoms with Crippen LogP contribution in [0.1, 0.15) is 40.6 Å². The summed E-state index contributed by atoms with van der Waals surface area (Å²) in [7, 11) is -1.09. The SMILES string of the molecule is CNC(c1cc(C)sc1C)C1CCCCS1(=O)=O. The van der Waals surface area contributed by atoms with E-state index in [1.165, 1.54) is 9.75 Å². The van der Waals surface area contributed by atoms with E-state index < -0.39 is 9.84 Å². The predicted octanol–water partition coefficient (Wildman–Crippen LogP) is 2.59. The van der Waals surface area contributed by atoms with Crippen LogP contribution in [-0.4, -0.2) is 26.5 Å². The molecular formula is C13H21NO2S2. The van der Waals surface area contributed by atoms with Crippen LogP contribution in [0.25, 0.3) is 0 Å². The lowest BCUT2D eigenvalue weighted by Crippen LogP contribution is -2.39. The highest BCUT2D eigenvalue weighted by molar-refractivity contribution is 7.92. The van der Waals surface area contributed by atoms with E-state index in [4.69, 9.17) is 0 Å². The Morgan fingerprint density at radius 3 is 2.61 bits per heavy atom. The molecule has 1 N–H and O–H groups in total. The Labute approximate surface area is 114 Å². The van der Waals surface area contributed by atoms with Crippen molar-refractivity contribution in [2.45, 2.75) is 44.4 Å². The molecular weight excluding hydrogens is 266 g/mol. The van der Waals surface area contributed by atoms with Gasteiger partial charge in [-0.1, -0.05) is 6.42 Å². The van der Waals surface area contributed by atoms with Crippen molar-refractivity contribution >= 4 is 21.2 Å². The van der Waals surface area contributed by atoms with Gasteiger partial charge in [0.05, 0.1) is 11.0 Å². The normalized spacial score (nSPS) is 24.9. The third kappa shape index (κ3) is 2.63. The Hall–Kier alpha value is -0.390. The molecule has 0 aromatic carbocycles. The molecule has 2 rings (SSSR count). The monoisotopic (exact) mass is 287 g/mol. The lowest BCUT2D eigenvalue weighted by molar-refractivity contribution is 0.469. The van der Waals surface area contributed by atoms with Crippen molar-refractivity contribution < 1.29 is 8.42 Å². The molecule has 18 heavy (non-hydrogen) atoms. The van der Waals surface area contributed by atoms with Crippen molar-refractivity contribution in [3.05, 3.63) is 21.4 Å². The first-order valence-electron chi connectivity index (χ1n) is 6.41. The fourth-order valence-corrected chi connectivity index (χ4v) is 5.96. The number of hydrogen-bond acceptors (Lipinski definition) is 4. The maximum absolute atomic E-state index is 12.2. The minimum absolute atomic E-state index is 0.0553. The van der Waals surface area contributed by atoms with Gasteiger partial charge in [-0.3, -0.25) is 0 Å².